The van der Waals surface area contributed by atoms with Crippen LogP contribution in [0.1, 0.15) is 144 Å². The molecule has 0 saturated carbocycles. The van der Waals surface area contributed by atoms with Crippen molar-refractivity contribution >= 4 is 11.6 Å². The molecule has 0 bridgehead atoms. The molecular formula is C47H60ClNO2. The Labute approximate surface area is 314 Å². The van der Waals surface area contributed by atoms with Crippen LogP contribution in [0, 0.1) is 11.3 Å². The first-order valence-electron chi connectivity index (χ1n) is 19.8. The van der Waals surface area contributed by atoms with Crippen molar-refractivity contribution in [1.82, 2.24) is 0 Å². The number of unbranched alkanes of at least 4 members (excludes halogenated alkanes) is 15. The summed E-state index contributed by atoms with van der Waals surface area (Å²) in [4.78, 5) is 0. The number of nitrogens with zero attached hydrogens (tertiary/aromatic N) is 1. The highest BCUT2D eigenvalue weighted by Gasteiger charge is 2.38. The topological polar surface area (TPSA) is 42.2 Å². The monoisotopic (exact) mass is 705 g/mol. The summed E-state index contributed by atoms with van der Waals surface area (Å²) in [5.74, 6) is 0. The number of halogens is 1. The van der Waals surface area contributed by atoms with Gasteiger partial charge in [-0.25, -0.2) is 0 Å². The Morgan fingerprint density at radius 3 is 1.45 bits per heavy atom. The second-order valence-electron chi connectivity index (χ2n) is 14.1. The number of benzene rings is 4. The highest BCUT2D eigenvalue weighted by atomic mass is 35.5. The molecule has 4 rings (SSSR count). The van der Waals surface area contributed by atoms with Gasteiger partial charge in [0.15, 0.2) is 0 Å². The van der Waals surface area contributed by atoms with Gasteiger partial charge in [0.1, 0.15) is 5.60 Å². The Morgan fingerprint density at radius 2 is 1.02 bits per heavy atom. The third-order valence-electron chi connectivity index (χ3n) is 9.98. The van der Waals surface area contributed by atoms with E-state index in [4.69, 9.17) is 21.1 Å². The first-order valence-corrected chi connectivity index (χ1v) is 20.1. The van der Waals surface area contributed by atoms with Crippen molar-refractivity contribution in [3.63, 3.8) is 0 Å². The smallest absolute Gasteiger partial charge is 0.143 e. The zero-order valence-corrected chi connectivity index (χ0v) is 31.8. The molecule has 0 fully saturated rings. The second kappa shape index (κ2) is 23.9. The van der Waals surface area contributed by atoms with E-state index in [9.17, 15) is 5.26 Å². The van der Waals surface area contributed by atoms with Crippen molar-refractivity contribution < 1.29 is 9.47 Å². The third kappa shape index (κ3) is 13.9. The molecule has 0 aromatic heterocycles. The van der Waals surface area contributed by atoms with Crippen LogP contribution >= 0.6 is 11.6 Å². The average molecular weight is 706 g/mol. The zero-order valence-electron chi connectivity index (χ0n) is 31.0. The Hall–Kier alpha value is -3.42. The van der Waals surface area contributed by atoms with Crippen molar-refractivity contribution in [3.05, 3.63) is 142 Å². The van der Waals surface area contributed by atoms with Crippen molar-refractivity contribution in [2.75, 3.05) is 6.61 Å². The molecule has 3 nitrogen and oxygen atoms in total. The summed E-state index contributed by atoms with van der Waals surface area (Å²) in [6.07, 6.45) is 22.3. The second-order valence-corrected chi connectivity index (χ2v) is 14.5. The highest BCUT2D eigenvalue weighted by Crippen LogP contribution is 2.41. The largest absolute Gasteiger partial charge is 0.371 e. The molecule has 1 atom stereocenters. The summed E-state index contributed by atoms with van der Waals surface area (Å²) in [6, 6.07) is 39.2. The van der Waals surface area contributed by atoms with E-state index >= 15 is 0 Å². The van der Waals surface area contributed by atoms with Gasteiger partial charge in [0.2, 0.25) is 0 Å². The van der Waals surface area contributed by atoms with Crippen LogP contribution in [0.5, 0.6) is 0 Å². The van der Waals surface area contributed by atoms with Crippen LogP contribution in [-0.4, -0.2) is 12.7 Å². The number of hydrogen-bond acceptors (Lipinski definition) is 3. The summed E-state index contributed by atoms with van der Waals surface area (Å²) < 4.78 is 13.8. The lowest BCUT2D eigenvalue weighted by molar-refractivity contribution is -0.0731. The van der Waals surface area contributed by atoms with Gasteiger partial charge in [0.25, 0.3) is 0 Å². The highest BCUT2D eigenvalue weighted by molar-refractivity contribution is 6.30. The molecule has 1 unspecified atom stereocenters. The average Bonchev–Trinajstić information content (AvgIpc) is 3.17. The number of hydrogen-bond donors (Lipinski definition) is 0. The molecule has 0 radical (unpaired) electrons. The van der Waals surface area contributed by atoms with Crippen LogP contribution in [0.4, 0.5) is 0 Å². The Balaban J connectivity index is 1.34. The molecule has 4 heteroatoms. The summed E-state index contributed by atoms with van der Waals surface area (Å²) >= 11 is 6.35. The number of rotatable bonds is 26. The van der Waals surface area contributed by atoms with Gasteiger partial charge in [-0.2, -0.15) is 5.26 Å². The molecule has 51 heavy (non-hydrogen) atoms. The fraction of sp³-hybridized carbons (Fsp3) is 0.468. The van der Waals surface area contributed by atoms with Crippen molar-refractivity contribution in [2.24, 2.45) is 0 Å². The lowest BCUT2D eigenvalue weighted by Gasteiger charge is -2.37. The molecule has 4 aromatic rings. The van der Waals surface area contributed by atoms with Gasteiger partial charge in [0, 0.05) is 5.02 Å². The lowest BCUT2D eigenvalue weighted by Crippen LogP contribution is -2.36. The van der Waals surface area contributed by atoms with E-state index in [-0.39, 0.29) is 6.10 Å². The van der Waals surface area contributed by atoms with E-state index in [1.54, 1.807) is 6.07 Å². The Kier molecular flexibility index (Phi) is 18.9. The third-order valence-corrected chi connectivity index (χ3v) is 10.2. The molecule has 0 amide bonds. The molecule has 0 aliphatic heterocycles. The van der Waals surface area contributed by atoms with Gasteiger partial charge >= 0.3 is 0 Å². The minimum absolute atomic E-state index is 0.128. The fourth-order valence-corrected chi connectivity index (χ4v) is 7.39. The Bertz CT molecular complexity index is 1420. The van der Waals surface area contributed by atoms with E-state index < -0.39 is 5.60 Å². The molecular weight excluding hydrogens is 646 g/mol. The normalized spacial score (nSPS) is 12.1. The maximum absolute atomic E-state index is 9.50. The zero-order chi connectivity index (χ0) is 35.8. The first kappa shape index (κ1) is 40.4. The van der Waals surface area contributed by atoms with E-state index in [2.05, 4.69) is 85.8 Å². The van der Waals surface area contributed by atoms with Crippen molar-refractivity contribution in [2.45, 2.75) is 134 Å². The van der Waals surface area contributed by atoms with Crippen molar-refractivity contribution in [1.29, 1.82) is 5.26 Å². The van der Waals surface area contributed by atoms with E-state index in [0.29, 0.717) is 23.8 Å². The summed E-state index contributed by atoms with van der Waals surface area (Å²) in [7, 11) is 0. The SMILES string of the molecule is CCCCCCCCCCCCCCCCCCC(COC(c1ccccc1)(c1ccccc1)c1ccccc1)OCc1cc(Cl)cc(C#N)c1. The lowest BCUT2D eigenvalue weighted by atomic mass is 9.80. The number of nitriles is 1. The van der Waals surface area contributed by atoms with Crippen LogP contribution in [0.3, 0.4) is 0 Å². The maximum atomic E-state index is 9.50. The van der Waals surface area contributed by atoms with E-state index in [0.717, 1.165) is 35.1 Å². The maximum Gasteiger partial charge on any atom is 0.143 e. The minimum atomic E-state index is -0.802. The van der Waals surface area contributed by atoms with Gasteiger partial charge < -0.3 is 9.47 Å². The summed E-state index contributed by atoms with van der Waals surface area (Å²) in [6.45, 7) is 3.08. The summed E-state index contributed by atoms with van der Waals surface area (Å²) in [5.41, 5.74) is 3.88. The first-order chi connectivity index (χ1) is 25.2. The molecule has 4 aromatic carbocycles. The van der Waals surface area contributed by atoms with Gasteiger partial charge in [-0.3, -0.25) is 0 Å². The molecule has 0 saturated heterocycles. The van der Waals surface area contributed by atoms with Gasteiger partial charge in [-0.15, -0.1) is 0 Å². The summed E-state index contributed by atoms with van der Waals surface area (Å²) in [5, 5.41) is 10.1. The van der Waals surface area contributed by atoms with Gasteiger partial charge in [-0.05, 0) is 46.9 Å². The van der Waals surface area contributed by atoms with Crippen LogP contribution in [0.15, 0.2) is 109 Å². The molecule has 0 heterocycles. The van der Waals surface area contributed by atoms with Crippen LogP contribution in [0.25, 0.3) is 0 Å². The minimum Gasteiger partial charge on any atom is -0.371 e. The van der Waals surface area contributed by atoms with Crippen LogP contribution < -0.4 is 0 Å². The molecule has 272 valence electrons. The standard InChI is InChI=1S/C47H60ClNO2/c1-2-3-4-5-6-7-8-9-10-11-12-13-14-15-16-26-33-46(50-38-41-34-40(37-49)35-45(48)36-41)39-51-47(42-27-20-17-21-28-42,43-29-22-18-23-30-43)44-31-24-19-25-32-44/h17-25,27-32,34-36,46H,2-16,26,33,38-39H2,1H3. The van der Waals surface area contributed by atoms with Gasteiger partial charge in [-0.1, -0.05) is 212 Å². The quantitative estimate of drug-likeness (QED) is 0.0482. The van der Waals surface area contributed by atoms with Crippen LogP contribution in [-0.2, 0) is 21.7 Å². The fourth-order valence-electron chi connectivity index (χ4n) is 7.13. The van der Waals surface area contributed by atoms with E-state index in [1.807, 2.05) is 30.3 Å². The molecule has 0 aliphatic rings. The van der Waals surface area contributed by atoms with Crippen LogP contribution in [0.2, 0.25) is 5.02 Å². The van der Waals surface area contributed by atoms with Gasteiger partial charge in [0.05, 0.1) is 31.0 Å². The predicted octanol–water partition coefficient (Wildman–Crippen LogP) is 13.8. The molecule has 0 spiro atoms. The van der Waals surface area contributed by atoms with E-state index in [1.165, 1.54) is 96.3 Å². The molecule has 0 N–H and O–H groups in total. The predicted molar refractivity (Wildman–Crippen MR) is 214 cm³/mol. The number of ether oxygens (including phenoxy) is 2. The Morgan fingerprint density at radius 1 is 0.588 bits per heavy atom. The van der Waals surface area contributed by atoms with Crippen molar-refractivity contribution in [3.8, 4) is 6.07 Å². The molecule has 0 aliphatic carbocycles.